The highest BCUT2D eigenvalue weighted by Gasteiger charge is 2.43. The van der Waals surface area contributed by atoms with Crippen LogP contribution in [0, 0.1) is 5.92 Å². The van der Waals surface area contributed by atoms with Crippen LogP contribution in [0.2, 0.25) is 0 Å². The molecular formula is C10H16O. The lowest BCUT2D eigenvalue weighted by Gasteiger charge is -2.16. The fourth-order valence-electron chi connectivity index (χ4n) is 2.03. The molecule has 2 fully saturated rings. The first-order valence-electron chi connectivity index (χ1n) is 4.66. The van der Waals surface area contributed by atoms with Gasteiger partial charge in [0.2, 0.25) is 0 Å². The van der Waals surface area contributed by atoms with E-state index in [1.807, 2.05) is 0 Å². The summed E-state index contributed by atoms with van der Waals surface area (Å²) >= 11 is 0. The van der Waals surface area contributed by atoms with E-state index in [0.29, 0.717) is 12.2 Å². The molecule has 1 aliphatic heterocycles. The molecule has 11 heavy (non-hydrogen) atoms. The molecule has 1 aliphatic carbocycles. The molecule has 1 nitrogen and oxygen atoms in total. The molecule has 0 amide bonds. The average molecular weight is 152 g/mol. The van der Waals surface area contributed by atoms with Crippen LogP contribution in [-0.4, -0.2) is 12.2 Å². The van der Waals surface area contributed by atoms with E-state index in [1.54, 1.807) is 0 Å². The molecule has 0 spiro atoms. The molecule has 2 aliphatic rings. The lowest BCUT2D eigenvalue weighted by atomic mass is 9.87. The van der Waals surface area contributed by atoms with Gasteiger partial charge in [-0.25, -0.2) is 0 Å². The number of rotatable bonds is 2. The number of fused-ring (bicyclic) bond motifs is 1. The molecule has 3 unspecified atom stereocenters. The molecule has 0 aromatic heterocycles. The van der Waals surface area contributed by atoms with Crippen molar-refractivity contribution in [2.45, 2.75) is 44.8 Å². The third kappa shape index (κ3) is 1.64. The second-order valence-corrected chi connectivity index (χ2v) is 3.70. The van der Waals surface area contributed by atoms with Crippen LogP contribution in [0.3, 0.4) is 0 Å². The number of hydrogen-bond acceptors (Lipinski definition) is 1. The van der Waals surface area contributed by atoms with E-state index in [4.69, 9.17) is 4.74 Å². The summed E-state index contributed by atoms with van der Waals surface area (Å²) < 4.78 is 5.46. The minimum Gasteiger partial charge on any atom is -0.370 e. The van der Waals surface area contributed by atoms with Gasteiger partial charge in [0.15, 0.2) is 0 Å². The van der Waals surface area contributed by atoms with Crippen molar-refractivity contribution in [1.29, 1.82) is 0 Å². The van der Waals surface area contributed by atoms with Crippen LogP contribution >= 0.6 is 0 Å². The van der Waals surface area contributed by atoms with Crippen molar-refractivity contribution in [3.8, 4) is 0 Å². The second kappa shape index (κ2) is 2.98. The maximum Gasteiger partial charge on any atom is 0.0844 e. The van der Waals surface area contributed by atoms with E-state index in [0.717, 1.165) is 5.92 Å². The molecule has 0 bridgehead atoms. The molecule has 0 aromatic rings. The summed E-state index contributed by atoms with van der Waals surface area (Å²) in [6.45, 7) is 2.10. The molecule has 1 saturated carbocycles. The predicted octanol–water partition coefficient (Wildman–Crippen LogP) is 2.52. The van der Waals surface area contributed by atoms with Gasteiger partial charge in [0.25, 0.3) is 0 Å². The maximum atomic E-state index is 5.46. The highest BCUT2D eigenvalue weighted by molar-refractivity contribution is 4.94. The Hall–Kier alpha value is -0.300. The van der Waals surface area contributed by atoms with Gasteiger partial charge in [0, 0.05) is 0 Å². The number of allylic oxidation sites excluding steroid dienone is 2. The first kappa shape index (κ1) is 7.35. The standard InChI is InChI=1S/C10H16O/c1-2-3-4-8-5-6-9-10(7-8)11-9/h2-3,8-10H,4-7H2,1H3. The van der Waals surface area contributed by atoms with Gasteiger partial charge in [-0.05, 0) is 38.5 Å². The molecular weight excluding hydrogens is 136 g/mol. The lowest BCUT2D eigenvalue weighted by molar-refractivity contribution is 0.362. The Labute approximate surface area is 68.4 Å². The molecule has 0 aromatic carbocycles. The van der Waals surface area contributed by atoms with Gasteiger partial charge >= 0.3 is 0 Å². The van der Waals surface area contributed by atoms with Crippen molar-refractivity contribution < 1.29 is 4.74 Å². The lowest BCUT2D eigenvalue weighted by Crippen LogP contribution is -2.12. The number of epoxide rings is 1. The molecule has 3 atom stereocenters. The van der Waals surface area contributed by atoms with Crippen molar-refractivity contribution in [3.05, 3.63) is 12.2 Å². The van der Waals surface area contributed by atoms with Gasteiger partial charge in [-0.3, -0.25) is 0 Å². The normalized spacial score (nSPS) is 42.5. The van der Waals surface area contributed by atoms with Crippen LogP contribution in [0.15, 0.2) is 12.2 Å². The second-order valence-electron chi connectivity index (χ2n) is 3.70. The summed E-state index contributed by atoms with van der Waals surface area (Å²) in [6.07, 6.45) is 11.0. The van der Waals surface area contributed by atoms with Gasteiger partial charge < -0.3 is 4.74 Å². The fourth-order valence-corrected chi connectivity index (χ4v) is 2.03. The van der Waals surface area contributed by atoms with E-state index >= 15 is 0 Å². The predicted molar refractivity (Wildman–Crippen MR) is 45.4 cm³/mol. The maximum absolute atomic E-state index is 5.46. The minimum atomic E-state index is 0.652. The fraction of sp³-hybridized carbons (Fsp3) is 0.800. The van der Waals surface area contributed by atoms with E-state index < -0.39 is 0 Å². The quantitative estimate of drug-likeness (QED) is 0.437. The monoisotopic (exact) mass is 152 g/mol. The Kier molecular flexibility index (Phi) is 1.99. The van der Waals surface area contributed by atoms with Crippen molar-refractivity contribution in [3.63, 3.8) is 0 Å². The summed E-state index contributed by atoms with van der Waals surface area (Å²) in [5.41, 5.74) is 0. The highest BCUT2D eigenvalue weighted by Crippen LogP contribution is 2.40. The Bertz CT molecular complexity index is 162. The molecule has 2 rings (SSSR count). The van der Waals surface area contributed by atoms with Gasteiger partial charge in [-0.1, -0.05) is 12.2 Å². The molecule has 1 saturated heterocycles. The van der Waals surface area contributed by atoms with Gasteiger partial charge in [0.05, 0.1) is 12.2 Å². The van der Waals surface area contributed by atoms with Crippen LogP contribution < -0.4 is 0 Å². The SMILES string of the molecule is CC=CCC1CCC2OC2C1. The van der Waals surface area contributed by atoms with Gasteiger partial charge in [-0.15, -0.1) is 0 Å². The zero-order valence-corrected chi connectivity index (χ0v) is 7.12. The van der Waals surface area contributed by atoms with E-state index in [2.05, 4.69) is 19.1 Å². The van der Waals surface area contributed by atoms with Crippen molar-refractivity contribution in [2.24, 2.45) is 5.92 Å². The van der Waals surface area contributed by atoms with E-state index in [1.165, 1.54) is 25.7 Å². The topological polar surface area (TPSA) is 12.5 Å². The summed E-state index contributed by atoms with van der Waals surface area (Å²) in [5.74, 6) is 0.912. The van der Waals surface area contributed by atoms with Crippen molar-refractivity contribution >= 4 is 0 Å². The summed E-state index contributed by atoms with van der Waals surface area (Å²) in [6, 6.07) is 0. The summed E-state index contributed by atoms with van der Waals surface area (Å²) in [7, 11) is 0. The zero-order chi connectivity index (χ0) is 7.68. The third-order valence-corrected chi connectivity index (χ3v) is 2.82. The summed E-state index contributed by atoms with van der Waals surface area (Å²) in [4.78, 5) is 0. The highest BCUT2D eigenvalue weighted by atomic mass is 16.6. The Morgan fingerprint density at radius 1 is 1.36 bits per heavy atom. The first-order chi connectivity index (χ1) is 5.40. The van der Waals surface area contributed by atoms with E-state index in [9.17, 15) is 0 Å². The molecule has 62 valence electrons. The Balaban J connectivity index is 1.76. The van der Waals surface area contributed by atoms with Crippen LogP contribution in [0.1, 0.15) is 32.6 Å². The van der Waals surface area contributed by atoms with Crippen molar-refractivity contribution in [1.82, 2.24) is 0 Å². The number of ether oxygens (including phenoxy) is 1. The molecule has 1 heterocycles. The Morgan fingerprint density at radius 2 is 2.27 bits per heavy atom. The van der Waals surface area contributed by atoms with Crippen LogP contribution in [0.25, 0.3) is 0 Å². The van der Waals surface area contributed by atoms with Crippen molar-refractivity contribution in [2.75, 3.05) is 0 Å². The molecule has 1 heteroatoms. The zero-order valence-electron chi connectivity index (χ0n) is 7.12. The van der Waals surface area contributed by atoms with E-state index in [-0.39, 0.29) is 0 Å². The largest absolute Gasteiger partial charge is 0.370 e. The third-order valence-electron chi connectivity index (χ3n) is 2.82. The van der Waals surface area contributed by atoms with Gasteiger partial charge in [-0.2, -0.15) is 0 Å². The smallest absolute Gasteiger partial charge is 0.0844 e. The molecule has 0 N–H and O–H groups in total. The van der Waals surface area contributed by atoms with Crippen LogP contribution in [-0.2, 0) is 4.74 Å². The summed E-state index contributed by atoms with van der Waals surface area (Å²) in [5, 5.41) is 0. The van der Waals surface area contributed by atoms with Crippen LogP contribution in [0.5, 0.6) is 0 Å². The van der Waals surface area contributed by atoms with Gasteiger partial charge in [0.1, 0.15) is 0 Å². The van der Waals surface area contributed by atoms with Crippen LogP contribution in [0.4, 0.5) is 0 Å². The Morgan fingerprint density at radius 3 is 3.00 bits per heavy atom. The first-order valence-corrected chi connectivity index (χ1v) is 4.66. The number of hydrogen-bond donors (Lipinski definition) is 0. The molecule has 0 radical (unpaired) electrons. The minimum absolute atomic E-state index is 0.652. The average Bonchev–Trinajstić information content (AvgIpc) is 2.78.